The molecule has 0 saturated carbocycles. The van der Waals surface area contributed by atoms with E-state index < -0.39 is 0 Å². The van der Waals surface area contributed by atoms with Gasteiger partial charge in [0, 0.05) is 7.11 Å². The van der Waals surface area contributed by atoms with Crippen LogP contribution in [0.4, 0.5) is 0 Å². The zero-order valence-corrected chi connectivity index (χ0v) is 8.29. The summed E-state index contributed by atoms with van der Waals surface area (Å²) in [4.78, 5) is 0. The van der Waals surface area contributed by atoms with Crippen LogP contribution in [0.15, 0.2) is 24.3 Å². The molecule has 2 N–H and O–H groups in total. The molecule has 0 aromatic heterocycles. The Bertz CT molecular complexity index is 243. The highest BCUT2D eigenvalue weighted by atomic mass is 16.5. The molecule has 13 heavy (non-hydrogen) atoms. The Kier molecular flexibility index (Phi) is 3.93. The first-order valence-corrected chi connectivity index (χ1v) is 4.59. The lowest BCUT2D eigenvalue weighted by molar-refractivity contribution is 0.119. The zero-order chi connectivity index (χ0) is 9.68. The van der Waals surface area contributed by atoms with Gasteiger partial charge in [-0.1, -0.05) is 24.3 Å². The molecule has 2 heteroatoms. The first kappa shape index (κ1) is 10.2. The monoisotopic (exact) mass is 179 g/mol. The second-order valence-corrected chi connectivity index (χ2v) is 3.16. The van der Waals surface area contributed by atoms with Crippen LogP contribution in [0.5, 0.6) is 0 Å². The molecule has 72 valence electrons. The van der Waals surface area contributed by atoms with Crippen LogP contribution in [0.2, 0.25) is 0 Å². The molecule has 0 heterocycles. The number of ether oxygens (including phenoxy) is 1. The van der Waals surface area contributed by atoms with E-state index in [1.54, 1.807) is 7.11 Å². The van der Waals surface area contributed by atoms with Gasteiger partial charge in [0.05, 0.1) is 6.10 Å². The molecule has 1 rings (SSSR count). The third-order valence-electron chi connectivity index (χ3n) is 2.24. The quantitative estimate of drug-likeness (QED) is 0.766. The fraction of sp³-hybridized carbons (Fsp3) is 0.455. The maximum atomic E-state index is 5.46. The van der Waals surface area contributed by atoms with Crippen molar-refractivity contribution in [3.8, 4) is 0 Å². The Balaban J connectivity index is 2.69. The molecule has 2 nitrogen and oxygen atoms in total. The molecule has 0 saturated heterocycles. The van der Waals surface area contributed by atoms with Gasteiger partial charge in [-0.05, 0) is 31.0 Å². The highest BCUT2D eigenvalue weighted by Crippen LogP contribution is 2.15. The molecule has 0 aliphatic heterocycles. The summed E-state index contributed by atoms with van der Waals surface area (Å²) >= 11 is 0. The van der Waals surface area contributed by atoms with E-state index >= 15 is 0 Å². The summed E-state index contributed by atoms with van der Waals surface area (Å²) in [6, 6.07) is 8.41. The van der Waals surface area contributed by atoms with Crippen molar-refractivity contribution in [2.24, 2.45) is 5.73 Å². The maximum Gasteiger partial charge on any atom is 0.0793 e. The predicted octanol–water partition coefficient (Wildman–Crippen LogP) is 1.90. The second kappa shape index (κ2) is 5.00. The van der Waals surface area contributed by atoms with Crippen LogP contribution in [0.25, 0.3) is 0 Å². The van der Waals surface area contributed by atoms with Crippen LogP contribution in [-0.4, -0.2) is 13.7 Å². The minimum Gasteiger partial charge on any atom is -0.377 e. The van der Waals surface area contributed by atoms with Crippen molar-refractivity contribution < 1.29 is 4.74 Å². The van der Waals surface area contributed by atoms with Gasteiger partial charge >= 0.3 is 0 Å². The molecule has 0 bridgehead atoms. The van der Waals surface area contributed by atoms with E-state index in [2.05, 4.69) is 24.3 Å². The number of benzene rings is 1. The first-order valence-electron chi connectivity index (χ1n) is 4.59. The number of rotatable bonds is 4. The van der Waals surface area contributed by atoms with Gasteiger partial charge < -0.3 is 10.5 Å². The predicted molar refractivity (Wildman–Crippen MR) is 54.6 cm³/mol. The normalized spacial score (nSPS) is 12.8. The van der Waals surface area contributed by atoms with Crippen molar-refractivity contribution in [3.05, 3.63) is 35.4 Å². The van der Waals surface area contributed by atoms with E-state index in [0.29, 0.717) is 6.54 Å². The van der Waals surface area contributed by atoms with Crippen molar-refractivity contribution in [1.82, 2.24) is 0 Å². The van der Waals surface area contributed by atoms with E-state index in [-0.39, 0.29) is 6.10 Å². The molecule has 0 radical (unpaired) electrons. The third kappa shape index (κ3) is 2.83. The summed E-state index contributed by atoms with van der Waals surface area (Å²) in [5.74, 6) is 0. The van der Waals surface area contributed by atoms with Gasteiger partial charge in [-0.2, -0.15) is 0 Å². The van der Waals surface area contributed by atoms with E-state index in [1.165, 1.54) is 11.1 Å². The smallest absolute Gasteiger partial charge is 0.0793 e. The van der Waals surface area contributed by atoms with E-state index in [9.17, 15) is 0 Å². The second-order valence-electron chi connectivity index (χ2n) is 3.16. The summed E-state index contributed by atoms with van der Waals surface area (Å²) in [5, 5.41) is 0. The van der Waals surface area contributed by atoms with E-state index in [1.807, 2.05) is 6.92 Å². The average molecular weight is 179 g/mol. The van der Waals surface area contributed by atoms with Gasteiger partial charge in [0.1, 0.15) is 0 Å². The van der Waals surface area contributed by atoms with Crippen LogP contribution in [-0.2, 0) is 11.2 Å². The molecule has 0 aliphatic rings. The van der Waals surface area contributed by atoms with Crippen molar-refractivity contribution in [2.75, 3.05) is 13.7 Å². The molecule has 1 atom stereocenters. The minimum atomic E-state index is 0.173. The van der Waals surface area contributed by atoms with Crippen molar-refractivity contribution in [2.45, 2.75) is 19.4 Å². The number of methoxy groups -OCH3 is 1. The SMILES string of the molecule is CO[C@H](C)c1ccc(CCN)cc1. The molecule has 1 aromatic rings. The van der Waals surface area contributed by atoms with Crippen LogP contribution in [0.3, 0.4) is 0 Å². The molecule has 0 fully saturated rings. The van der Waals surface area contributed by atoms with Crippen molar-refractivity contribution in [3.63, 3.8) is 0 Å². The topological polar surface area (TPSA) is 35.2 Å². The van der Waals surface area contributed by atoms with Gasteiger partial charge in [0.2, 0.25) is 0 Å². The largest absolute Gasteiger partial charge is 0.377 e. The summed E-state index contributed by atoms with van der Waals surface area (Å²) in [7, 11) is 1.72. The van der Waals surface area contributed by atoms with Gasteiger partial charge in [-0.3, -0.25) is 0 Å². The van der Waals surface area contributed by atoms with Crippen LogP contribution in [0.1, 0.15) is 24.2 Å². The maximum absolute atomic E-state index is 5.46. The Labute approximate surface area is 79.7 Å². The van der Waals surface area contributed by atoms with Crippen LogP contribution >= 0.6 is 0 Å². The molecule has 0 spiro atoms. The summed E-state index contributed by atoms with van der Waals surface area (Å²) in [5.41, 5.74) is 7.96. The minimum absolute atomic E-state index is 0.173. The van der Waals surface area contributed by atoms with Crippen LogP contribution in [0, 0.1) is 0 Å². The van der Waals surface area contributed by atoms with Gasteiger partial charge in [0.25, 0.3) is 0 Å². The van der Waals surface area contributed by atoms with Crippen molar-refractivity contribution in [1.29, 1.82) is 0 Å². The van der Waals surface area contributed by atoms with Crippen LogP contribution < -0.4 is 5.73 Å². The fourth-order valence-electron chi connectivity index (χ4n) is 1.26. The average Bonchev–Trinajstić information content (AvgIpc) is 2.18. The molecule has 0 amide bonds. The Morgan fingerprint density at radius 2 is 1.92 bits per heavy atom. The standard InChI is InChI=1S/C11H17NO/c1-9(13-2)11-5-3-10(4-6-11)7-8-12/h3-6,9H,7-8,12H2,1-2H3/t9-/m1/s1. The Hall–Kier alpha value is -0.860. The van der Waals surface area contributed by atoms with Gasteiger partial charge in [-0.15, -0.1) is 0 Å². The van der Waals surface area contributed by atoms with E-state index in [0.717, 1.165) is 6.42 Å². The van der Waals surface area contributed by atoms with Gasteiger partial charge in [-0.25, -0.2) is 0 Å². The summed E-state index contributed by atoms with van der Waals surface area (Å²) in [6.45, 7) is 2.75. The first-order chi connectivity index (χ1) is 6.27. The molecule has 1 aromatic carbocycles. The van der Waals surface area contributed by atoms with Crippen molar-refractivity contribution >= 4 is 0 Å². The third-order valence-corrected chi connectivity index (χ3v) is 2.24. The highest BCUT2D eigenvalue weighted by Gasteiger charge is 2.02. The Morgan fingerprint density at radius 1 is 1.31 bits per heavy atom. The number of hydrogen-bond acceptors (Lipinski definition) is 2. The molecule has 0 unspecified atom stereocenters. The lowest BCUT2D eigenvalue weighted by Crippen LogP contribution is -2.03. The molecular weight excluding hydrogens is 162 g/mol. The number of hydrogen-bond donors (Lipinski definition) is 1. The molecular formula is C11H17NO. The summed E-state index contributed by atoms with van der Waals surface area (Å²) < 4.78 is 5.21. The molecule has 0 aliphatic carbocycles. The highest BCUT2D eigenvalue weighted by molar-refractivity contribution is 5.24. The Morgan fingerprint density at radius 3 is 2.38 bits per heavy atom. The van der Waals surface area contributed by atoms with Gasteiger partial charge in [0.15, 0.2) is 0 Å². The zero-order valence-electron chi connectivity index (χ0n) is 8.29. The number of nitrogens with two attached hydrogens (primary N) is 1. The lowest BCUT2D eigenvalue weighted by atomic mass is 10.1. The van der Waals surface area contributed by atoms with E-state index in [4.69, 9.17) is 10.5 Å². The lowest BCUT2D eigenvalue weighted by Gasteiger charge is -2.09. The fourth-order valence-corrected chi connectivity index (χ4v) is 1.26. The summed E-state index contributed by atoms with van der Waals surface area (Å²) in [6.07, 6.45) is 1.12.